The Hall–Kier alpha value is 0. The molecule has 0 bridgehead atoms. The van der Waals surface area contributed by atoms with Crippen molar-refractivity contribution in [1.29, 1.82) is 0 Å². The SMILES string of the molecule is CCCCCCCCCCCCCCCCCC.[CH]. The van der Waals surface area contributed by atoms with Crippen molar-refractivity contribution >= 4 is 0 Å². The van der Waals surface area contributed by atoms with Crippen LogP contribution in [0.1, 0.15) is 117 Å². The Labute approximate surface area is 124 Å². The van der Waals surface area contributed by atoms with Gasteiger partial charge in [-0.1, -0.05) is 117 Å². The summed E-state index contributed by atoms with van der Waals surface area (Å²) in [6, 6.07) is 0. The van der Waals surface area contributed by atoms with E-state index in [1.807, 2.05) is 0 Å². The highest BCUT2D eigenvalue weighted by Crippen LogP contribution is 2.13. The molecule has 0 heteroatoms. The van der Waals surface area contributed by atoms with Gasteiger partial charge in [0.2, 0.25) is 0 Å². The Morgan fingerprint density at radius 1 is 0.316 bits per heavy atom. The van der Waals surface area contributed by atoms with Crippen LogP contribution in [0.25, 0.3) is 0 Å². The maximum Gasteiger partial charge on any atom is -0.0312 e. The van der Waals surface area contributed by atoms with E-state index in [1.165, 1.54) is 103 Å². The van der Waals surface area contributed by atoms with Crippen LogP contribution in [-0.4, -0.2) is 0 Å². The van der Waals surface area contributed by atoms with Crippen molar-refractivity contribution in [1.82, 2.24) is 0 Å². The number of unbranched alkanes of at least 4 members (excludes halogenated alkanes) is 15. The van der Waals surface area contributed by atoms with Crippen LogP contribution in [0.4, 0.5) is 0 Å². The molecule has 0 rings (SSSR count). The Bertz CT molecular complexity index is 112. The third-order valence-corrected chi connectivity index (χ3v) is 3.96. The van der Waals surface area contributed by atoms with E-state index >= 15 is 0 Å². The molecule has 0 aliphatic rings. The lowest BCUT2D eigenvalue weighted by atomic mass is 10.0. The van der Waals surface area contributed by atoms with Crippen molar-refractivity contribution in [3.05, 3.63) is 7.43 Å². The van der Waals surface area contributed by atoms with Crippen LogP contribution in [0.2, 0.25) is 0 Å². The lowest BCUT2D eigenvalue weighted by Gasteiger charge is -2.03. The van der Waals surface area contributed by atoms with Gasteiger partial charge in [-0.3, -0.25) is 0 Å². The van der Waals surface area contributed by atoms with Gasteiger partial charge in [0, 0.05) is 0 Å². The van der Waals surface area contributed by atoms with E-state index in [2.05, 4.69) is 13.8 Å². The highest BCUT2D eigenvalue weighted by molar-refractivity contribution is 4.49. The molecule has 0 heterocycles. The van der Waals surface area contributed by atoms with E-state index in [9.17, 15) is 0 Å². The minimum atomic E-state index is 0. The van der Waals surface area contributed by atoms with Crippen LogP contribution in [0.5, 0.6) is 0 Å². The minimum Gasteiger partial charge on any atom is -0.0654 e. The molecule has 0 fully saturated rings. The van der Waals surface area contributed by atoms with Gasteiger partial charge in [-0.25, -0.2) is 0 Å². The van der Waals surface area contributed by atoms with Gasteiger partial charge >= 0.3 is 0 Å². The zero-order valence-corrected chi connectivity index (χ0v) is 13.9. The van der Waals surface area contributed by atoms with Crippen molar-refractivity contribution in [3.8, 4) is 0 Å². The topological polar surface area (TPSA) is 0 Å². The second-order valence-corrected chi connectivity index (χ2v) is 5.95. The first-order valence-electron chi connectivity index (χ1n) is 8.91. The quantitative estimate of drug-likeness (QED) is 0.270. The predicted molar refractivity (Wildman–Crippen MR) is 89.5 cm³/mol. The lowest BCUT2D eigenvalue weighted by Crippen LogP contribution is -1.83. The largest absolute Gasteiger partial charge is 0.0654 e. The summed E-state index contributed by atoms with van der Waals surface area (Å²) in [5, 5.41) is 0. The maximum absolute atomic E-state index is 2.29. The summed E-state index contributed by atoms with van der Waals surface area (Å²) in [4.78, 5) is 0. The van der Waals surface area contributed by atoms with Crippen molar-refractivity contribution in [2.24, 2.45) is 0 Å². The molecule has 3 radical (unpaired) electrons. The van der Waals surface area contributed by atoms with Crippen LogP contribution in [-0.2, 0) is 0 Å². The summed E-state index contributed by atoms with van der Waals surface area (Å²) in [5.41, 5.74) is 0. The lowest BCUT2D eigenvalue weighted by molar-refractivity contribution is 0.531. The first kappa shape index (κ1) is 21.3. The molecule has 19 heavy (non-hydrogen) atoms. The number of hydrogen-bond acceptors (Lipinski definition) is 0. The molecule has 0 saturated carbocycles. The van der Waals surface area contributed by atoms with E-state index in [1.54, 1.807) is 0 Å². The Morgan fingerprint density at radius 2 is 0.474 bits per heavy atom. The fourth-order valence-electron chi connectivity index (χ4n) is 2.62. The molecule has 0 nitrogen and oxygen atoms in total. The summed E-state index contributed by atoms with van der Waals surface area (Å²) < 4.78 is 0. The zero-order chi connectivity index (χ0) is 13.3. The van der Waals surface area contributed by atoms with Crippen molar-refractivity contribution in [3.63, 3.8) is 0 Å². The molecule has 0 aromatic carbocycles. The first-order valence-corrected chi connectivity index (χ1v) is 8.91. The molecule has 0 saturated heterocycles. The van der Waals surface area contributed by atoms with Crippen LogP contribution in [0.3, 0.4) is 0 Å². The van der Waals surface area contributed by atoms with E-state index in [4.69, 9.17) is 0 Å². The minimum absolute atomic E-state index is 0. The van der Waals surface area contributed by atoms with E-state index in [-0.39, 0.29) is 7.43 Å². The van der Waals surface area contributed by atoms with Crippen LogP contribution in [0, 0.1) is 7.43 Å². The second kappa shape index (κ2) is 20.3. The molecule has 0 aromatic heterocycles. The molecule has 0 aromatic rings. The molecule has 0 aliphatic carbocycles. The third-order valence-electron chi connectivity index (χ3n) is 3.96. The zero-order valence-electron chi connectivity index (χ0n) is 13.9. The Balaban J connectivity index is 0. The highest BCUT2D eigenvalue weighted by Gasteiger charge is 1.93. The van der Waals surface area contributed by atoms with Crippen molar-refractivity contribution in [2.75, 3.05) is 0 Å². The number of rotatable bonds is 15. The summed E-state index contributed by atoms with van der Waals surface area (Å²) in [5.74, 6) is 0. The average molecular weight is 268 g/mol. The molecule has 0 amide bonds. The molecule has 0 unspecified atom stereocenters. The number of hydrogen-bond donors (Lipinski definition) is 0. The van der Waals surface area contributed by atoms with Gasteiger partial charge in [-0.15, -0.1) is 0 Å². The van der Waals surface area contributed by atoms with E-state index in [0.717, 1.165) is 0 Å². The second-order valence-electron chi connectivity index (χ2n) is 5.95. The first-order chi connectivity index (χ1) is 8.91. The van der Waals surface area contributed by atoms with Gasteiger partial charge < -0.3 is 0 Å². The molecule has 0 N–H and O–H groups in total. The summed E-state index contributed by atoms with van der Waals surface area (Å²) >= 11 is 0. The van der Waals surface area contributed by atoms with E-state index in [0.29, 0.717) is 0 Å². The summed E-state index contributed by atoms with van der Waals surface area (Å²) in [6.45, 7) is 4.59. The predicted octanol–water partition coefficient (Wildman–Crippen LogP) is 7.47. The highest BCUT2D eigenvalue weighted by atomic mass is 14.0. The molecule has 0 aliphatic heterocycles. The maximum atomic E-state index is 2.29. The van der Waals surface area contributed by atoms with Gasteiger partial charge in [0.15, 0.2) is 0 Å². The van der Waals surface area contributed by atoms with Crippen molar-refractivity contribution < 1.29 is 0 Å². The van der Waals surface area contributed by atoms with Gasteiger partial charge in [-0.05, 0) is 7.43 Å². The van der Waals surface area contributed by atoms with Gasteiger partial charge in [0.25, 0.3) is 0 Å². The smallest absolute Gasteiger partial charge is 0.0312 e. The van der Waals surface area contributed by atoms with Gasteiger partial charge in [0.05, 0.1) is 0 Å². The molecule has 0 atom stereocenters. The Morgan fingerprint density at radius 3 is 0.632 bits per heavy atom. The standard InChI is InChI=1S/C18H38.CH/c1-3-5-7-9-11-13-15-17-18-16-14-12-10-8-6-4-2;/h3-18H2,1-2H3;1H. The molecule has 0 spiro atoms. The molecule has 115 valence electrons. The Kier molecular flexibility index (Phi) is 22.8. The molecular formula is C19H39. The normalized spacial score (nSPS) is 10.4. The van der Waals surface area contributed by atoms with Crippen LogP contribution >= 0.6 is 0 Å². The monoisotopic (exact) mass is 267 g/mol. The van der Waals surface area contributed by atoms with Crippen LogP contribution in [0.15, 0.2) is 0 Å². The van der Waals surface area contributed by atoms with Crippen molar-refractivity contribution in [2.45, 2.75) is 117 Å². The third kappa shape index (κ3) is 20.5. The summed E-state index contributed by atoms with van der Waals surface area (Å²) in [6.07, 6.45) is 23.4. The molecular weight excluding hydrogens is 228 g/mol. The van der Waals surface area contributed by atoms with Gasteiger partial charge in [-0.2, -0.15) is 0 Å². The summed E-state index contributed by atoms with van der Waals surface area (Å²) in [7, 11) is 0. The van der Waals surface area contributed by atoms with Crippen LogP contribution < -0.4 is 0 Å². The van der Waals surface area contributed by atoms with Gasteiger partial charge in [0.1, 0.15) is 0 Å². The van der Waals surface area contributed by atoms with E-state index < -0.39 is 0 Å². The average Bonchev–Trinajstić information content (AvgIpc) is 2.39. The fourth-order valence-corrected chi connectivity index (χ4v) is 2.62. The fraction of sp³-hybridized carbons (Fsp3) is 0.947.